The maximum absolute atomic E-state index is 11.9. The third-order valence-electron chi connectivity index (χ3n) is 2.44. The van der Waals surface area contributed by atoms with E-state index in [2.05, 4.69) is 15.4 Å². The Morgan fingerprint density at radius 2 is 1.77 bits per heavy atom. The normalized spacial score (nSPS) is 11.4. The molecule has 0 aliphatic carbocycles. The Bertz CT molecular complexity index is 530. The number of amides is 2. The highest BCUT2D eigenvalue weighted by atomic mass is 19.4. The fourth-order valence-electron chi connectivity index (χ4n) is 1.42. The van der Waals surface area contributed by atoms with Gasteiger partial charge in [0.15, 0.2) is 0 Å². The Morgan fingerprint density at radius 3 is 2.32 bits per heavy atom. The molecule has 5 nitrogen and oxygen atoms in total. The highest BCUT2D eigenvalue weighted by Crippen LogP contribution is 2.17. The minimum atomic E-state index is -4.47. The highest BCUT2D eigenvalue weighted by molar-refractivity contribution is 5.95. The van der Waals surface area contributed by atoms with Crippen LogP contribution in [0.25, 0.3) is 0 Å². The lowest BCUT2D eigenvalue weighted by atomic mass is 10.2. The van der Waals surface area contributed by atoms with Gasteiger partial charge in [0, 0.05) is 17.3 Å². The number of rotatable bonds is 6. The zero-order valence-electron chi connectivity index (χ0n) is 12.2. The zero-order chi connectivity index (χ0) is 16.8. The van der Waals surface area contributed by atoms with Crippen molar-refractivity contribution in [1.82, 2.24) is 0 Å². The van der Waals surface area contributed by atoms with E-state index in [1.807, 2.05) is 0 Å². The molecular formula is C14H17F3N2O3. The first-order chi connectivity index (χ1) is 10.2. The molecule has 0 unspecified atom stereocenters. The van der Waals surface area contributed by atoms with E-state index in [0.29, 0.717) is 11.4 Å². The summed E-state index contributed by atoms with van der Waals surface area (Å²) in [5.74, 6) is -1.09. The van der Waals surface area contributed by atoms with E-state index in [9.17, 15) is 22.8 Å². The van der Waals surface area contributed by atoms with Gasteiger partial charge in [0.05, 0.1) is 0 Å². The molecule has 0 fully saturated rings. The third kappa shape index (κ3) is 7.07. The molecular weight excluding hydrogens is 301 g/mol. The van der Waals surface area contributed by atoms with Crippen molar-refractivity contribution in [3.8, 4) is 0 Å². The van der Waals surface area contributed by atoms with E-state index in [1.54, 1.807) is 32.0 Å². The van der Waals surface area contributed by atoms with E-state index in [4.69, 9.17) is 0 Å². The molecule has 22 heavy (non-hydrogen) atoms. The van der Waals surface area contributed by atoms with Gasteiger partial charge in [-0.1, -0.05) is 19.9 Å². The summed E-state index contributed by atoms with van der Waals surface area (Å²) in [6, 6.07) is 6.28. The molecule has 0 saturated carbocycles. The number of benzene rings is 1. The van der Waals surface area contributed by atoms with Gasteiger partial charge in [-0.25, -0.2) is 0 Å². The molecule has 0 aliphatic heterocycles. The predicted octanol–water partition coefficient (Wildman–Crippen LogP) is 2.80. The molecule has 0 saturated heterocycles. The van der Waals surface area contributed by atoms with E-state index in [1.165, 1.54) is 6.07 Å². The maximum Gasteiger partial charge on any atom is 0.411 e. The second-order valence-electron chi connectivity index (χ2n) is 4.88. The number of nitrogens with one attached hydrogen (secondary N) is 2. The quantitative estimate of drug-likeness (QED) is 0.847. The van der Waals surface area contributed by atoms with E-state index in [0.717, 1.165) is 0 Å². The van der Waals surface area contributed by atoms with Crippen LogP contribution in [0.15, 0.2) is 24.3 Å². The summed E-state index contributed by atoms with van der Waals surface area (Å²) in [6.07, 6.45) is -4.47. The average molecular weight is 318 g/mol. The van der Waals surface area contributed by atoms with Crippen molar-refractivity contribution in [3.05, 3.63) is 24.3 Å². The van der Waals surface area contributed by atoms with Crippen LogP contribution in [0.4, 0.5) is 24.5 Å². The number of hydrogen-bond donors (Lipinski definition) is 2. The minimum absolute atomic E-state index is 0.183. The Labute approximate surface area is 125 Å². The summed E-state index contributed by atoms with van der Waals surface area (Å²) in [7, 11) is 0. The summed E-state index contributed by atoms with van der Waals surface area (Å²) in [4.78, 5) is 23.0. The molecule has 1 aromatic carbocycles. The molecule has 1 aromatic rings. The van der Waals surface area contributed by atoms with Gasteiger partial charge in [-0.3, -0.25) is 9.59 Å². The van der Waals surface area contributed by atoms with E-state index < -0.39 is 25.3 Å². The van der Waals surface area contributed by atoms with Gasteiger partial charge < -0.3 is 15.4 Å². The van der Waals surface area contributed by atoms with Gasteiger partial charge in [0.25, 0.3) is 0 Å². The van der Waals surface area contributed by atoms with Crippen LogP contribution in [-0.4, -0.2) is 31.2 Å². The second-order valence-corrected chi connectivity index (χ2v) is 4.88. The SMILES string of the molecule is CC(C)C(=O)Nc1cccc(NC(=O)COCC(F)(F)F)c1. The van der Waals surface area contributed by atoms with Crippen molar-refractivity contribution in [2.24, 2.45) is 5.92 Å². The van der Waals surface area contributed by atoms with Crippen LogP contribution in [0.3, 0.4) is 0 Å². The van der Waals surface area contributed by atoms with E-state index in [-0.39, 0.29) is 11.8 Å². The summed E-state index contributed by atoms with van der Waals surface area (Å²) in [6.45, 7) is 1.28. The van der Waals surface area contributed by atoms with Gasteiger partial charge in [-0.05, 0) is 18.2 Å². The Balaban J connectivity index is 2.52. The van der Waals surface area contributed by atoms with Crippen molar-refractivity contribution >= 4 is 23.2 Å². The maximum atomic E-state index is 11.9. The van der Waals surface area contributed by atoms with Gasteiger partial charge in [0.1, 0.15) is 13.2 Å². The topological polar surface area (TPSA) is 67.4 Å². The van der Waals surface area contributed by atoms with Gasteiger partial charge in [-0.15, -0.1) is 0 Å². The molecule has 0 spiro atoms. The Morgan fingerprint density at radius 1 is 1.18 bits per heavy atom. The molecule has 2 N–H and O–H groups in total. The third-order valence-corrected chi connectivity index (χ3v) is 2.44. The molecule has 0 bridgehead atoms. The van der Waals surface area contributed by atoms with Crippen molar-refractivity contribution in [3.63, 3.8) is 0 Å². The number of anilines is 2. The number of carbonyl (C=O) groups excluding carboxylic acids is 2. The number of ether oxygens (including phenoxy) is 1. The molecule has 0 heterocycles. The standard InChI is InChI=1S/C14H17F3N2O3/c1-9(2)13(21)19-11-5-3-4-10(6-11)18-12(20)7-22-8-14(15,16)17/h3-6,9H,7-8H2,1-2H3,(H,18,20)(H,19,21). The zero-order valence-corrected chi connectivity index (χ0v) is 12.2. The minimum Gasteiger partial charge on any atom is -0.362 e. The lowest BCUT2D eigenvalue weighted by Gasteiger charge is -2.11. The summed E-state index contributed by atoms with van der Waals surface area (Å²) >= 11 is 0. The first-order valence-electron chi connectivity index (χ1n) is 6.52. The summed E-state index contributed by atoms with van der Waals surface area (Å²) in [5.41, 5.74) is 0.829. The predicted molar refractivity (Wildman–Crippen MR) is 75.4 cm³/mol. The van der Waals surface area contributed by atoms with Crippen LogP contribution in [0.2, 0.25) is 0 Å². The summed E-state index contributed by atoms with van der Waals surface area (Å²) < 4.78 is 39.9. The molecule has 0 radical (unpaired) electrons. The monoisotopic (exact) mass is 318 g/mol. The second kappa shape index (κ2) is 7.79. The number of carbonyl (C=O) groups is 2. The first-order valence-corrected chi connectivity index (χ1v) is 6.52. The van der Waals surface area contributed by atoms with Crippen LogP contribution >= 0.6 is 0 Å². The largest absolute Gasteiger partial charge is 0.411 e. The van der Waals surface area contributed by atoms with Crippen molar-refractivity contribution in [2.75, 3.05) is 23.8 Å². The molecule has 0 aliphatic rings. The van der Waals surface area contributed by atoms with Crippen LogP contribution in [0.5, 0.6) is 0 Å². The summed E-state index contributed by atoms with van der Waals surface area (Å²) in [5, 5.41) is 5.04. The fraction of sp³-hybridized carbons (Fsp3) is 0.429. The molecule has 122 valence electrons. The molecule has 2 amide bonds. The fourth-order valence-corrected chi connectivity index (χ4v) is 1.42. The van der Waals surface area contributed by atoms with Crippen LogP contribution in [0.1, 0.15) is 13.8 Å². The average Bonchev–Trinajstić information content (AvgIpc) is 2.37. The number of hydrogen-bond acceptors (Lipinski definition) is 3. The lowest BCUT2D eigenvalue weighted by molar-refractivity contribution is -0.174. The van der Waals surface area contributed by atoms with Crippen LogP contribution in [-0.2, 0) is 14.3 Å². The number of alkyl halides is 3. The molecule has 0 atom stereocenters. The molecule has 8 heteroatoms. The lowest BCUT2D eigenvalue weighted by Crippen LogP contribution is -2.24. The van der Waals surface area contributed by atoms with Gasteiger partial charge in [-0.2, -0.15) is 13.2 Å². The first kappa shape index (κ1) is 18.0. The smallest absolute Gasteiger partial charge is 0.362 e. The highest BCUT2D eigenvalue weighted by Gasteiger charge is 2.27. The van der Waals surface area contributed by atoms with E-state index >= 15 is 0 Å². The van der Waals surface area contributed by atoms with Crippen LogP contribution in [0, 0.1) is 5.92 Å². The van der Waals surface area contributed by atoms with Crippen molar-refractivity contribution < 1.29 is 27.5 Å². The van der Waals surface area contributed by atoms with Crippen molar-refractivity contribution in [2.45, 2.75) is 20.0 Å². The van der Waals surface area contributed by atoms with Crippen LogP contribution < -0.4 is 10.6 Å². The number of halogens is 3. The van der Waals surface area contributed by atoms with Gasteiger partial charge >= 0.3 is 6.18 Å². The van der Waals surface area contributed by atoms with Crippen molar-refractivity contribution in [1.29, 1.82) is 0 Å². The Kier molecular flexibility index (Phi) is 6.36. The molecule has 0 aromatic heterocycles. The molecule has 1 rings (SSSR count). The Hall–Kier alpha value is -2.09. The van der Waals surface area contributed by atoms with Gasteiger partial charge in [0.2, 0.25) is 11.8 Å².